The number of nitrogens with one attached hydrogen (secondary N) is 1. The molecule has 0 fully saturated rings. The molecule has 3 aromatic rings. The number of hydrogen-bond donors (Lipinski definition) is 3. The molecule has 0 heterocycles. The van der Waals surface area contributed by atoms with Crippen molar-refractivity contribution in [2.24, 2.45) is 0 Å². The molecular formula is C32H39ClFNO5. The second kappa shape index (κ2) is 13.1. The second-order valence-electron chi connectivity index (χ2n) is 11.7. The van der Waals surface area contributed by atoms with Gasteiger partial charge in [-0.2, -0.15) is 0 Å². The van der Waals surface area contributed by atoms with E-state index < -0.39 is 17.8 Å². The molecule has 3 aromatic carbocycles. The summed E-state index contributed by atoms with van der Waals surface area (Å²) in [5, 5.41) is 23.5. The van der Waals surface area contributed by atoms with Crippen molar-refractivity contribution in [2.75, 3.05) is 13.2 Å². The summed E-state index contributed by atoms with van der Waals surface area (Å²) in [6.45, 7) is 12.2. The van der Waals surface area contributed by atoms with Gasteiger partial charge in [0.05, 0.1) is 18.8 Å². The topological polar surface area (TPSA) is 88.0 Å². The Balaban J connectivity index is 1.67. The molecule has 3 rings (SSSR count). The molecule has 6 nitrogen and oxygen atoms in total. The van der Waals surface area contributed by atoms with Gasteiger partial charge >= 0.3 is 6.16 Å². The van der Waals surface area contributed by atoms with Crippen LogP contribution < -0.4 is 10.1 Å². The summed E-state index contributed by atoms with van der Waals surface area (Å²) in [6, 6.07) is 18.0. The molecule has 0 radical (unpaired) electrons. The molecule has 40 heavy (non-hydrogen) atoms. The summed E-state index contributed by atoms with van der Waals surface area (Å²) in [5.74, 6) is -0.0414. The van der Waals surface area contributed by atoms with Gasteiger partial charge in [0.1, 0.15) is 11.6 Å². The quantitative estimate of drug-likeness (QED) is 0.163. The third kappa shape index (κ3) is 8.77. The van der Waals surface area contributed by atoms with Crippen LogP contribution in [0.3, 0.4) is 0 Å². The van der Waals surface area contributed by atoms with Gasteiger partial charge in [-0.1, -0.05) is 68.8 Å². The van der Waals surface area contributed by atoms with Gasteiger partial charge in [-0.05, 0) is 79.1 Å². The van der Waals surface area contributed by atoms with Crippen molar-refractivity contribution in [3.63, 3.8) is 0 Å². The Kier molecular flexibility index (Phi) is 10.4. The maximum atomic E-state index is 14.2. The van der Waals surface area contributed by atoms with Crippen molar-refractivity contribution in [3.05, 3.63) is 88.2 Å². The average Bonchev–Trinajstić information content (AvgIpc) is 2.87. The van der Waals surface area contributed by atoms with E-state index in [0.29, 0.717) is 22.8 Å². The zero-order chi connectivity index (χ0) is 29.7. The van der Waals surface area contributed by atoms with Crippen LogP contribution in [0.2, 0.25) is 5.02 Å². The largest absolute Gasteiger partial charge is 0.511 e. The third-order valence-electron chi connectivity index (χ3n) is 6.70. The van der Waals surface area contributed by atoms with E-state index in [-0.39, 0.29) is 30.5 Å². The van der Waals surface area contributed by atoms with E-state index in [4.69, 9.17) is 26.2 Å². The maximum absolute atomic E-state index is 14.2. The number of rotatable bonds is 11. The Morgan fingerprint density at radius 3 is 2.40 bits per heavy atom. The Labute approximate surface area is 241 Å². The first-order valence-corrected chi connectivity index (χ1v) is 13.7. The van der Waals surface area contributed by atoms with Gasteiger partial charge in [0.25, 0.3) is 0 Å². The highest BCUT2D eigenvalue weighted by Gasteiger charge is 2.24. The van der Waals surface area contributed by atoms with E-state index in [1.54, 1.807) is 18.2 Å². The van der Waals surface area contributed by atoms with Crippen LogP contribution >= 0.6 is 11.6 Å². The number of aliphatic hydroxyl groups excluding tert-OH is 1. The number of benzene rings is 3. The molecule has 1 unspecified atom stereocenters. The molecule has 0 aliphatic heterocycles. The van der Waals surface area contributed by atoms with Crippen LogP contribution in [0, 0.1) is 5.82 Å². The zero-order valence-electron chi connectivity index (χ0n) is 23.9. The zero-order valence-corrected chi connectivity index (χ0v) is 24.7. The number of ether oxygens (including phenoxy) is 2. The lowest BCUT2D eigenvalue weighted by Gasteiger charge is -2.28. The van der Waals surface area contributed by atoms with Gasteiger partial charge < -0.3 is 25.0 Å². The summed E-state index contributed by atoms with van der Waals surface area (Å²) in [4.78, 5) is 11.2. The second-order valence-corrected chi connectivity index (χ2v) is 12.2. The van der Waals surface area contributed by atoms with Crippen molar-refractivity contribution in [2.45, 2.75) is 71.1 Å². The highest BCUT2D eigenvalue weighted by Crippen LogP contribution is 2.37. The third-order valence-corrected chi connectivity index (χ3v) is 6.93. The van der Waals surface area contributed by atoms with Crippen molar-refractivity contribution in [1.29, 1.82) is 0 Å². The minimum atomic E-state index is -1.35. The Bertz CT molecular complexity index is 1320. The Hall–Kier alpha value is -2.97. The number of halogens is 2. The van der Waals surface area contributed by atoms with Crippen LogP contribution in [0.1, 0.15) is 64.3 Å². The monoisotopic (exact) mass is 571 g/mol. The summed E-state index contributed by atoms with van der Waals surface area (Å²) < 4.78 is 25.3. The van der Waals surface area contributed by atoms with Gasteiger partial charge in [-0.25, -0.2) is 9.18 Å². The maximum Gasteiger partial charge on any atom is 0.511 e. The lowest BCUT2D eigenvalue weighted by atomic mass is 9.84. The van der Waals surface area contributed by atoms with Crippen LogP contribution in [0.5, 0.6) is 5.75 Å². The molecule has 0 aromatic heterocycles. The highest BCUT2D eigenvalue weighted by molar-refractivity contribution is 6.30. The summed E-state index contributed by atoms with van der Waals surface area (Å²) in [7, 11) is 0. The van der Waals surface area contributed by atoms with Gasteiger partial charge in [0, 0.05) is 22.7 Å². The van der Waals surface area contributed by atoms with Crippen molar-refractivity contribution >= 4 is 17.8 Å². The van der Waals surface area contributed by atoms with Gasteiger partial charge in [-0.3, -0.25) is 0 Å². The minimum Gasteiger partial charge on any atom is -0.449 e. The molecular weight excluding hydrogens is 533 g/mol. The lowest BCUT2D eigenvalue weighted by molar-refractivity contribution is -0.00398. The molecule has 0 saturated heterocycles. The fourth-order valence-corrected chi connectivity index (χ4v) is 4.74. The van der Waals surface area contributed by atoms with Gasteiger partial charge in [-0.15, -0.1) is 0 Å². The van der Waals surface area contributed by atoms with Gasteiger partial charge in [0.15, 0.2) is 0 Å². The fraction of sp³-hybridized carbons (Fsp3) is 0.406. The van der Waals surface area contributed by atoms with Crippen molar-refractivity contribution < 1.29 is 28.9 Å². The van der Waals surface area contributed by atoms with E-state index >= 15 is 0 Å². The summed E-state index contributed by atoms with van der Waals surface area (Å²) >= 11 is 5.86. The predicted molar refractivity (Wildman–Crippen MR) is 157 cm³/mol. The molecule has 0 aliphatic carbocycles. The number of β-amino-alcohol motifs (C(OH)–C–C–N with tert-alkyl or cyclic N) is 1. The number of carbonyl (C=O) groups is 1. The number of aliphatic hydroxyl groups is 1. The summed E-state index contributed by atoms with van der Waals surface area (Å²) in [5.41, 5.74) is 3.31. The predicted octanol–water partition coefficient (Wildman–Crippen LogP) is 7.55. The number of hydrogen-bond acceptors (Lipinski definition) is 5. The van der Waals surface area contributed by atoms with Crippen LogP contribution in [-0.2, 0) is 16.6 Å². The molecule has 0 saturated carbocycles. The SMILES string of the molecule is CC(OC[C@H](O)CNC(C)(C)Cc1ccc(Cl)cc1F)c1ccccc1-c1ccc(OC(=O)O)c(C(C)(C)C)c1. The van der Waals surface area contributed by atoms with Crippen LogP contribution in [-0.4, -0.2) is 41.2 Å². The lowest BCUT2D eigenvalue weighted by Crippen LogP contribution is -2.46. The van der Waals surface area contributed by atoms with Crippen LogP contribution in [0.25, 0.3) is 11.1 Å². The first-order valence-electron chi connectivity index (χ1n) is 13.3. The molecule has 0 amide bonds. The molecule has 2 atom stereocenters. The molecule has 0 bridgehead atoms. The van der Waals surface area contributed by atoms with E-state index in [1.807, 2.05) is 77.9 Å². The van der Waals surface area contributed by atoms with Crippen LogP contribution in [0.4, 0.5) is 9.18 Å². The standard InChI is InChI=1S/C32H39ClFNO5/c1-20(39-19-24(36)18-35-32(5,6)17-22-11-13-23(33)16-28(22)34)25-9-7-8-10-26(25)21-12-14-29(40-30(37)38)27(15-21)31(2,3)4/h7-16,20,24,35-36H,17-19H2,1-6H3,(H,37,38)/t20?,24-/m1/s1. The smallest absolute Gasteiger partial charge is 0.449 e. The fourth-order valence-electron chi connectivity index (χ4n) is 4.58. The van der Waals surface area contributed by atoms with Crippen molar-refractivity contribution in [1.82, 2.24) is 5.32 Å². The summed E-state index contributed by atoms with van der Waals surface area (Å²) in [6.07, 6.45) is -2.02. The minimum absolute atomic E-state index is 0.104. The van der Waals surface area contributed by atoms with Crippen LogP contribution in [0.15, 0.2) is 60.7 Å². The van der Waals surface area contributed by atoms with E-state index in [9.17, 15) is 14.3 Å². The first-order chi connectivity index (χ1) is 18.7. The van der Waals surface area contributed by atoms with E-state index in [0.717, 1.165) is 22.3 Å². The molecule has 0 aliphatic rings. The first kappa shape index (κ1) is 31.6. The van der Waals surface area contributed by atoms with E-state index in [2.05, 4.69) is 5.32 Å². The highest BCUT2D eigenvalue weighted by atomic mass is 35.5. The molecule has 8 heteroatoms. The van der Waals surface area contributed by atoms with E-state index in [1.165, 1.54) is 6.07 Å². The average molecular weight is 572 g/mol. The van der Waals surface area contributed by atoms with Crippen molar-refractivity contribution in [3.8, 4) is 16.9 Å². The normalized spacial score (nSPS) is 13.6. The molecule has 0 spiro atoms. The molecule has 3 N–H and O–H groups in total. The Morgan fingerprint density at radius 1 is 1.05 bits per heavy atom. The van der Waals surface area contributed by atoms with Gasteiger partial charge in [0.2, 0.25) is 0 Å². The number of carboxylic acid groups (broad SMARTS) is 1. The molecule has 216 valence electrons. The Morgan fingerprint density at radius 2 is 1.75 bits per heavy atom.